The molecule has 0 unspecified atom stereocenters. The van der Waals surface area contributed by atoms with E-state index >= 15 is 0 Å². The lowest BCUT2D eigenvalue weighted by Gasteiger charge is -2.06. The van der Waals surface area contributed by atoms with Crippen LogP contribution in [-0.4, -0.2) is 17.9 Å². The van der Waals surface area contributed by atoms with Crippen molar-refractivity contribution in [3.63, 3.8) is 0 Å². The highest BCUT2D eigenvalue weighted by molar-refractivity contribution is 6.06. The summed E-state index contributed by atoms with van der Waals surface area (Å²) in [5.74, 6) is -0.0896. The smallest absolute Gasteiger partial charge is 0.311 e. The van der Waals surface area contributed by atoms with E-state index in [9.17, 15) is 14.9 Å². The van der Waals surface area contributed by atoms with Crippen LogP contribution in [0.15, 0.2) is 54.1 Å². The van der Waals surface area contributed by atoms with Gasteiger partial charge in [-0.15, -0.1) is 0 Å². The molecular weight excluding hydrogens is 296 g/mol. The van der Waals surface area contributed by atoms with Crippen molar-refractivity contribution in [3.05, 3.63) is 69.8 Å². The van der Waals surface area contributed by atoms with E-state index in [2.05, 4.69) is 5.32 Å². The van der Waals surface area contributed by atoms with Crippen LogP contribution in [0.1, 0.15) is 12.5 Å². The van der Waals surface area contributed by atoms with Crippen LogP contribution in [0.3, 0.4) is 0 Å². The molecule has 0 radical (unpaired) electrons. The fourth-order valence-corrected chi connectivity index (χ4v) is 2.01. The van der Waals surface area contributed by atoms with Gasteiger partial charge < -0.3 is 10.1 Å². The van der Waals surface area contributed by atoms with Gasteiger partial charge in [-0.2, -0.15) is 0 Å². The molecule has 0 heterocycles. The second kappa shape index (κ2) is 7.22. The summed E-state index contributed by atoms with van der Waals surface area (Å²) < 4.78 is 4.95. The Morgan fingerprint density at radius 2 is 1.91 bits per heavy atom. The van der Waals surface area contributed by atoms with Crippen molar-refractivity contribution < 1.29 is 14.5 Å². The van der Waals surface area contributed by atoms with Gasteiger partial charge >= 0.3 is 5.69 Å². The molecule has 6 heteroatoms. The second-order valence-corrected chi connectivity index (χ2v) is 4.84. The van der Waals surface area contributed by atoms with E-state index in [1.54, 1.807) is 31.2 Å². The molecule has 0 aliphatic carbocycles. The quantitative estimate of drug-likeness (QED) is 0.519. The molecule has 1 amide bonds. The van der Waals surface area contributed by atoms with Gasteiger partial charge in [-0.05, 0) is 36.8 Å². The predicted molar refractivity (Wildman–Crippen MR) is 88.4 cm³/mol. The molecule has 0 spiro atoms. The maximum absolute atomic E-state index is 12.1. The minimum Gasteiger partial charge on any atom is -0.490 e. The molecule has 2 aromatic rings. The topological polar surface area (TPSA) is 81.5 Å². The van der Waals surface area contributed by atoms with E-state index in [0.717, 1.165) is 0 Å². The molecule has 1 N–H and O–H groups in total. The lowest BCUT2D eigenvalue weighted by Crippen LogP contribution is -2.12. The van der Waals surface area contributed by atoms with E-state index < -0.39 is 4.92 Å². The summed E-state index contributed by atoms with van der Waals surface area (Å²) in [4.78, 5) is 22.6. The lowest BCUT2D eigenvalue weighted by molar-refractivity contribution is -0.385. The first-order chi connectivity index (χ1) is 11.0. The zero-order valence-electron chi connectivity index (χ0n) is 12.8. The van der Waals surface area contributed by atoms with Crippen molar-refractivity contribution in [3.8, 4) is 5.75 Å². The van der Waals surface area contributed by atoms with E-state index in [1.807, 2.05) is 18.2 Å². The molecular formula is C17H16N2O4. The average molecular weight is 312 g/mol. The van der Waals surface area contributed by atoms with Crippen LogP contribution >= 0.6 is 0 Å². The molecule has 118 valence electrons. The Morgan fingerprint density at radius 3 is 2.52 bits per heavy atom. The number of amides is 1. The van der Waals surface area contributed by atoms with Crippen LogP contribution in [0.25, 0.3) is 6.08 Å². The Kier molecular flexibility index (Phi) is 5.09. The van der Waals surface area contributed by atoms with Crippen LogP contribution in [0.5, 0.6) is 5.75 Å². The van der Waals surface area contributed by atoms with E-state index in [1.165, 1.54) is 19.2 Å². The molecule has 0 atom stereocenters. The summed E-state index contributed by atoms with van der Waals surface area (Å²) in [6.07, 6.45) is 1.59. The molecule has 0 saturated carbocycles. The van der Waals surface area contributed by atoms with Gasteiger partial charge in [0.25, 0.3) is 5.91 Å². The van der Waals surface area contributed by atoms with Crippen molar-refractivity contribution in [2.24, 2.45) is 0 Å². The fraction of sp³-hybridized carbons (Fsp3) is 0.118. The molecule has 0 bridgehead atoms. The van der Waals surface area contributed by atoms with Crippen LogP contribution in [-0.2, 0) is 4.79 Å². The number of carbonyl (C=O) groups is 1. The number of nitro benzene ring substituents is 1. The number of methoxy groups -OCH3 is 1. The van der Waals surface area contributed by atoms with Gasteiger partial charge in [-0.1, -0.05) is 24.3 Å². The second-order valence-electron chi connectivity index (χ2n) is 4.84. The van der Waals surface area contributed by atoms with Gasteiger partial charge in [0.05, 0.1) is 12.0 Å². The summed E-state index contributed by atoms with van der Waals surface area (Å²) in [6, 6.07) is 13.6. The van der Waals surface area contributed by atoms with Crippen molar-refractivity contribution in [1.82, 2.24) is 0 Å². The number of benzene rings is 2. The minimum absolute atomic E-state index is 0.141. The predicted octanol–water partition coefficient (Wildman–Crippen LogP) is 3.65. The standard InChI is InChI=1S/C17H16N2O4/c1-12(17(20)18-14-6-4-3-5-7-14)10-13-8-9-16(23-2)15(11-13)19(21)22/h3-11H,1-2H3,(H,18,20)/b12-10+. The minimum atomic E-state index is -0.518. The Bertz CT molecular complexity index is 754. The number of hydrogen-bond donors (Lipinski definition) is 1. The van der Waals surface area contributed by atoms with Gasteiger partial charge in [-0.3, -0.25) is 14.9 Å². The van der Waals surface area contributed by atoms with Crippen LogP contribution in [0, 0.1) is 10.1 Å². The number of hydrogen-bond acceptors (Lipinski definition) is 4. The highest BCUT2D eigenvalue weighted by atomic mass is 16.6. The zero-order chi connectivity index (χ0) is 16.8. The molecule has 0 aromatic heterocycles. The molecule has 23 heavy (non-hydrogen) atoms. The summed E-state index contributed by atoms with van der Waals surface area (Å²) in [5.41, 5.74) is 1.54. The largest absolute Gasteiger partial charge is 0.490 e. The number of ether oxygens (including phenoxy) is 1. The first kappa shape index (κ1) is 16.2. The summed E-state index contributed by atoms with van der Waals surface area (Å²) in [6.45, 7) is 1.65. The average Bonchev–Trinajstić information content (AvgIpc) is 2.55. The number of nitro groups is 1. The monoisotopic (exact) mass is 312 g/mol. The zero-order valence-corrected chi connectivity index (χ0v) is 12.8. The number of carbonyl (C=O) groups excluding carboxylic acids is 1. The maximum Gasteiger partial charge on any atom is 0.311 e. The van der Waals surface area contributed by atoms with Gasteiger partial charge in [0.15, 0.2) is 5.75 Å². The normalized spacial score (nSPS) is 11.0. The summed E-state index contributed by atoms with van der Waals surface area (Å²) in [5, 5.41) is 13.8. The summed E-state index contributed by atoms with van der Waals surface area (Å²) in [7, 11) is 1.37. The number of rotatable bonds is 5. The van der Waals surface area contributed by atoms with Crippen molar-refractivity contribution >= 4 is 23.4 Å². The van der Waals surface area contributed by atoms with Gasteiger partial charge in [0, 0.05) is 17.3 Å². The van der Waals surface area contributed by atoms with E-state index in [4.69, 9.17) is 4.74 Å². The maximum atomic E-state index is 12.1. The Hall–Kier alpha value is -3.15. The number of para-hydroxylation sites is 1. The van der Waals surface area contributed by atoms with Crippen molar-refractivity contribution in [2.75, 3.05) is 12.4 Å². The van der Waals surface area contributed by atoms with E-state index in [-0.39, 0.29) is 17.3 Å². The van der Waals surface area contributed by atoms with Gasteiger partial charge in [0.2, 0.25) is 0 Å². The molecule has 2 aromatic carbocycles. The first-order valence-corrected chi connectivity index (χ1v) is 6.88. The lowest BCUT2D eigenvalue weighted by atomic mass is 10.1. The van der Waals surface area contributed by atoms with Crippen molar-refractivity contribution in [1.29, 1.82) is 0 Å². The van der Waals surface area contributed by atoms with Gasteiger partial charge in [-0.25, -0.2) is 0 Å². The highest BCUT2D eigenvalue weighted by Gasteiger charge is 2.15. The fourth-order valence-electron chi connectivity index (χ4n) is 2.01. The molecule has 0 aliphatic heterocycles. The van der Waals surface area contributed by atoms with Crippen LogP contribution < -0.4 is 10.1 Å². The Morgan fingerprint density at radius 1 is 1.22 bits per heavy atom. The summed E-state index contributed by atoms with van der Waals surface area (Å²) >= 11 is 0. The van der Waals surface area contributed by atoms with Crippen LogP contribution in [0.4, 0.5) is 11.4 Å². The number of anilines is 1. The van der Waals surface area contributed by atoms with E-state index in [0.29, 0.717) is 16.8 Å². The Balaban J connectivity index is 2.21. The molecule has 6 nitrogen and oxygen atoms in total. The van der Waals surface area contributed by atoms with Crippen molar-refractivity contribution in [2.45, 2.75) is 6.92 Å². The Labute approximate surface area is 133 Å². The third-order valence-corrected chi connectivity index (χ3v) is 3.17. The number of nitrogens with one attached hydrogen (secondary N) is 1. The molecule has 0 fully saturated rings. The van der Waals surface area contributed by atoms with Crippen LogP contribution in [0.2, 0.25) is 0 Å². The molecule has 0 saturated heterocycles. The molecule has 2 rings (SSSR count). The third-order valence-electron chi connectivity index (χ3n) is 3.17. The number of nitrogens with zero attached hydrogens (tertiary/aromatic N) is 1. The SMILES string of the molecule is COc1ccc(/C=C(\C)C(=O)Nc2ccccc2)cc1[N+](=O)[O-]. The van der Waals surface area contributed by atoms with Gasteiger partial charge in [0.1, 0.15) is 0 Å². The highest BCUT2D eigenvalue weighted by Crippen LogP contribution is 2.28. The molecule has 0 aliphatic rings. The first-order valence-electron chi connectivity index (χ1n) is 6.88. The third kappa shape index (κ3) is 4.16.